The molecule has 0 saturated heterocycles. The number of aromatic amines is 1. The number of rotatable bonds is 2. The molecule has 4 heteroatoms. The van der Waals surface area contributed by atoms with Crippen LogP contribution in [0.4, 0.5) is 0 Å². The van der Waals surface area contributed by atoms with Gasteiger partial charge in [-0.15, -0.1) is 0 Å². The van der Waals surface area contributed by atoms with Crippen LogP contribution in [0.2, 0.25) is 0 Å². The maximum atomic E-state index is 5.47. The lowest BCUT2D eigenvalue weighted by molar-refractivity contribution is 0.415. The van der Waals surface area contributed by atoms with E-state index in [0.717, 1.165) is 22.5 Å². The Balaban J connectivity index is 2.34. The molecule has 0 aliphatic rings. The predicted molar refractivity (Wildman–Crippen MR) is 84.5 cm³/mol. The van der Waals surface area contributed by atoms with Crippen LogP contribution < -0.4 is 4.74 Å². The van der Waals surface area contributed by atoms with Crippen molar-refractivity contribution in [3.8, 4) is 11.4 Å². The highest BCUT2D eigenvalue weighted by Crippen LogP contribution is 2.25. The van der Waals surface area contributed by atoms with E-state index in [0.29, 0.717) is 4.77 Å². The SMILES string of the molecule is COc1ccc2[nH]c(=S)n(-c3cc(C)cc(C)c3)c2c1. The molecule has 0 amide bonds. The number of nitrogens with one attached hydrogen (secondary N) is 1. The molecule has 0 aliphatic carbocycles. The van der Waals surface area contributed by atoms with E-state index >= 15 is 0 Å². The van der Waals surface area contributed by atoms with Gasteiger partial charge in [0.15, 0.2) is 4.77 Å². The van der Waals surface area contributed by atoms with E-state index in [4.69, 9.17) is 17.0 Å². The summed E-state index contributed by atoms with van der Waals surface area (Å²) in [7, 11) is 1.67. The zero-order valence-corrected chi connectivity index (χ0v) is 12.5. The van der Waals surface area contributed by atoms with Crippen LogP contribution >= 0.6 is 12.2 Å². The summed E-state index contributed by atoms with van der Waals surface area (Å²) in [6.07, 6.45) is 0. The van der Waals surface area contributed by atoms with Gasteiger partial charge >= 0.3 is 0 Å². The summed E-state index contributed by atoms with van der Waals surface area (Å²) in [5, 5.41) is 0. The first-order valence-corrected chi connectivity index (χ1v) is 6.87. The van der Waals surface area contributed by atoms with Gasteiger partial charge in [0, 0.05) is 11.8 Å². The molecular formula is C16H16N2OS. The standard InChI is InChI=1S/C16H16N2OS/c1-10-6-11(2)8-12(7-10)18-15-9-13(19-3)4-5-14(15)17-16(18)20/h4-9H,1-3H3,(H,17,20). The molecule has 2 aromatic carbocycles. The fourth-order valence-corrected chi connectivity index (χ4v) is 2.86. The quantitative estimate of drug-likeness (QED) is 0.710. The van der Waals surface area contributed by atoms with Crippen LogP contribution in [-0.2, 0) is 0 Å². The van der Waals surface area contributed by atoms with Crippen LogP contribution in [0.3, 0.4) is 0 Å². The van der Waals surface area contributed by atoms with Crippen LogP contribution in [0.1, 0.15) is 11.1 Å². The topological polar surface area (TPSA) is 29.9 Å². The van der Waals surface area contributed by atoms with Crippen LogP contribution in [-0.4, -0.2) is 16.7 Å². The average Bonchev–Trinajstić information content (AvgIpc) is 2.72. The van der Waals surface area contributed by atoms with Crippen molar-refractivity contribution in [1.29, 1.82) is 0 Å². The van der Waals surface area contributed by atoms with Crippen molar-refractivity contribution < 1.29 is 4.74 Å². The van der Waals surface area contributed by atoms with E-state index < -0.39 is 0 Å². The number of hydrogen-bond acceptors (Lipinski definition) is 2. The van der Waals surface area contributed by atoms with Gasteiger partial charge in [-0.05, 0) is 61.5 Å². The van der Waals surface area contributed by atoms with Crippen molar-refractivity contribution in [2.45, 2.75) is 13.8 Å². The number of imidazole rings is 1. The monoisotopic (exact) mass is 284 g/mol. The van der Waals surface area contributed by atoms with E-state index in [1.54, 1.807) is 7.11 Å². The Kier molecular flexibility index (Phi) is 3.10. The number of ether oxygens (including phenoxy) is 1. The van der Waals surface area contributed by atoms with Gasteiger partial charge in [0.05, 0.1) is 18.1 Å². The van der Waals surface area contributed by atoms with Crippen molar-refractivity contribution in [1.82, 2.24) is 9.55 Å². The first-order chi connectivity index (χ1) is 9.58. The van der Waals surface area contributed by atoms with Gasteiger partial charge in [-0.25, -0.2) is 0 Å². The zero-order chi connectivity index (χ0) is 14.3. The molecule has 1 aromatic heterocycles. The lowest BCUT2D eigenvalue weighted by Gasteiger charge is -2.08. The van der Waals surface area contributed by atoms with Gasteiger partial charge in [-0.2, -0.15) is 0 Å². The molecule has 0 radical (unpaired) electrons. The van der Waals surface area contributed by atoms with Gasteiger partial charge in [-0.3, -0.25) is 4.57 Å². The van der Waals surface area contributed by atoms with Crippen LogP contribution in [0.5, 0.6) is 5.75 Å². The van der Waals surface area contributed by atoms with Crippen molar-refractivity contribution in [2.24, 2.45) is 0 Å². The number of H-pyrrole nitrogens is 1. The summed E-state index contributed by atoms with van der Waals surface area (Å²) in [6.45, 7) is 4.19. The smallest absolute Gasteiger partial charge is 0.182 e. The molecule has 0 fully saturated rings. The molecule has 20 heavy (non-hydrogen) atoms. The number of benzene rings is 2. The molecule has 0 saturated carbocycles. The summed E-state index contributed by atoms with van der Waals surface area (Å²) >= 11 is 5.47. The predicted octanol–water partition coefficient (Wildman–Crippen LogP) is 4.31. The molecule has 102 valence electrons. The van der Waals surface area contributed by atoms with Crippen LogP contribution in [0, 0.1) is 18.6 Å². The third kappa shape index (κ3) is 2.12. The molecule has 0 spiro atoms. The van der Waals surface area contributed by atoms with Crippen LogP contribution in [0.25, 0.3) is 16.7 Å². The van der Waals surface area contributed by atoms with Gasteiger partial charge in [0.25, 0.3) is 0 Å². The minimum Gasteiger partial charge on any atom is -0.497 e. The highest BCUT2D eigenvalue weighted by atomic mass is 32.1. The molecule has 1 heterocycles. The van der Waals surface area contributed by atoms with Crippen molar-refractivity contribution in [2.75, 3.05) is 7.11 Å². The number of aromatic nitrogens is 2. The van der Waals surface area contributed by atoms with Crippen molar-refractivity contribution >= 4 is 23.3 Å². The Hall–Kier alpha value is -2.07. The third-order valence-corrected chi connectivity index (χ3v) is 3.64. The molecule has 3 rings (SSSR count). The lowest BCUT2D eigenvalue weighted by Crippen LogP contribution is -1.96. The summed E-state index contributed by atoms with van der Waals surface area (Å²) < 4.78 is 8.05. The molecule has 0 aliphatic heterocycles. The second-order valence-electron chi connectivity index (χ2n) is 4.99. The second-order valence-corrected chi connectivity index (χ2v) is 5.38. The Morgan fingerprint density at radius 3 is 2.40 bits per heavy atom. The summed E-state index contributed by atoms with van der Waals surface area (Å²) in [6, 6.07) is 12.3. The van der Waals surface area contributed by atoms with E-state index in [1.165, 1.54) is 11.1 Å². The highest BCUT2D eigenvalue weighted by Gasteiger charge is 2.08. The Labute approximate surface area is 122 Å². The normalized spacial score (nSPS) is 10.9. The summed E-state index contributed by atoms with van der Waals surface area (Å²) in [5.74, 6) is 0.824. The van der Waals surface area contributed by atoms with Crippen molar-refractivity contribution in [3.05, 3.63) is 52.3 Å². The lowest BCUT2D eigenvalue weighted by atomic mass is 10.1. The average molecular weight is 284 g/mol. The Bertz CT molecular complexity index is 825. The molecule has 0 unspecified atom stereocenters. The summed E-state index contributed by atoms with van der Waals surface area (Å²) in [4.78, 5) is 3.24. The van der Waals surface area contributed by atoms with Crippen molar-refractivity contribution in [3.63, 3.8) is 0 Å². The van der Waals surface area contributed by atoms with Gasteiger partial charge in [-0.1, -0.05) is 6.07 Å². The van der Waals surface area contributed by atoms with E-state index in [2.05, 4.69) is 37.0 Å². The largest absolute Gasteiger partial charge is 0.497 e. The highest BCUT2D eigenvalue weighted by molar-refractivity contribution is 7.71. The summed E-state index contributed by atoms with van der Waals surface area (Å²) in [5.41, 5.74) is 5.56. The minimum atomic E-state index is 0.693. The molecule has 3 aromatic rings. The van der Waals surface area contributed by atoms with Crippen LogP contribution in [0.15, 0.2) is 36.4 Å². The molecule has 0 atom stereocenters. The number of fused-ring (bicyclic) bond motifs is 1. The second kappa shape index (κ2) is 4.80. The number of aryl methyl sites for hydroxylation is 2. The fourth-order valence-electron chi connectivity index (χ4n) is 2.55. The first-order valence-electron chi connectivity index (χ1n) is 6.46. The Morgan fingerprint density at radius 2 is 1.75 bits per heavy atom. The fraction of sp³-hybridized carbons (Fsp3) is 0.188. The number of hydrogen-bond donors (Lipinski definition) is 1. The maximum Gasteiger partial charge on any atom is 0.182 e. The van der Waals surface area contributed by atoms with Gasteiger partial charge < -0.3 is 9.72 Å². The van der Waals surface area contributed by atoms with E-state index in [1.807, 2.05) is 22.8 Å². The number of nitrogens with zero attached hydrogens (tertiary/aromatic N) is 1. The van der Waals surface area contributed by atoms with E-state index in [-0.39, 0.29) is 0 Å². The van der Waals surface area contributed by atoms with E-state index in [9.17, 15) is 0 Å². The number of methoxy groups -OCH3 is 1. The Morgan fingerprint density at radius 1 is 1.05 bits per heavy atom. The molecular weight excluding hydrogens is 268 g/mol. The first kappa shape index (κ1) is 12.9. The van der Waals surface area contributed by atoms with Gasteiger partial charge in [0.1, 0.15) is 5.75 Å². The maximum absolute atomic E-state index is 5.47. The molecule has 3 nitrogen and oxygen atoms in total. The molecule has 0 bridgehead atoms. The zero-order valence-electron chi connectivity index (χ0n) is 11.7. The van der Waals surface area contributed by atoms with Gasteiger partial charge in [0.2, 0.25) is 0 Å². The minimum absolute atomic E-state index is 0.693. The third-order valence-electron chi connectivity index (χ3n) is 3.36. The molecule has 1 N–H and O–H groups in total.